The SMILES string of the molecule is Cc1ccc(S(=O)(=O)N2C3C=CC4OC4C32)cc1. The quantitative estimate of drug-likeness (QED) is 0.592. The summed E-state index contributed by atoms with van der Waals surface area (Å²) >= 11 is 0. The number of hydrogen-bond donors (Lipinski definition) is 0. The Morgan fingerprint density at radius 2 is 1.89 bits per heavy atom. The minimum absolute atomic E-state index is 0.0000491. The fourth-order valence-corrected chi connectivity index (χ4v) is 4.48. The number of nitrogens with zero attached hydrogens (tertiary/aromatic N) is 1. The molecule has 0 amide bonds. The highest BCUT2D eigenvalue weighted by Gasteiger charge is 2.66. The average Bonchev–Trinajstić information content (AvgIpc) is 3.21. The van der Waals surface area contributed by atoms with Gasteiger partial charge in [0.25, 0.3) is 0 Å². The zero-order valence-electron chi connectivity index (χ0n) is 9.85. The molecular weight excluding hydrogens is 250 g/mol. The summed E-state index contributed by atoms with van der Waals surface area (Å²) in [5.74, 6) is 0. The molecule has 0 bridgehead atoms. The summed E-state index contributed by atoms with van der Waals surface area (Å²) in [6.45, 7) is 1.94. The third kappa shape index (κ3) is 1.35. The van der Waals surface area contributed by atoms with Crippen LogP contribution in [0.2, 0.25) is 0 Å². The lowest BCUT2D eigenvalue weighted by Gasteiger charge is -2.06. The van der Waals surface area contributed by atoms with Crippen molar-refractivity contribution in [3.05, 3.63) is 42.0 Å². The molecule has 0 aromatic heterocycles. The first kappa shape index (κ1) is 10.7. The Kier molecular flexibility index (Phi) is 1.92. The molecule has 2 saturated heterocycles. The molecule has 0 spiro atoms. The van der Waals surface area contributed by atoms with E-state index in [9.17, 15) is 8.42 Å². The number of aryl methyl sites for hydroxylation is 1. The van der Waals surface area contributed by atoms with Crippen LogP contribution in [0.3, 0.4) is 0 Å². The van der Waals surface area contributed by atoms with Gasteiger partial charge in [-0.3, -0.25) is 0 Å². The van der Waals surface area contributed by atoms with Crippen LogP contribution >= 0.6 is 0 Å². The molecule has 1 aromatic carbocycles. The first-order valence-electron chi connectivity index (χ1n) is 6.03. The van der Waals surface area contributed by atoms with Gasteiger partial charge < -0.3 is 4.74 Å². The van der Waals surface area contributed by atoms with Crippen LogP contribution in [0.4, 0.5) is 0 Å². The van der Waals surface area contributed by atoms with Crippen LogP contribution < -0.4 is 0 Å². The maximum atomic E-state index is 12.5. The van der Waals surface area contributed by atoms with Gasteiger partial charge in [-0.15, -0.1) is 0 Å². The molecule has 4 nitrogen and oxygen atoms in total. The molecule has 3 aliphatic rings. The summed E-state index contributed by atoms with van der Waals surface area (Å²) in [6.07, 6.45) is 4.14. The smallest absolute Gasteiger partial charge is 0.244 e. The topological polar surface area (TPSA) is 49.7 Å². The van der Waals surface area contributed by atoms with Gasteiger partial charge >= 0.3 is 0 Å². The second-order valence-corrected chi connectivity index (χ2v) is 6.92. The lowest BCUT2D eigenvalue weighted by atomic mass is 10.1. The Labute approximate surface area is 106 Å². The Bertz CT molecular complexity index is 635. The highest BCUT2D eigenvalue weighted by molar-refractivity contribution is 7.89. The van der Waals surface area contributed by atoms with Crippen molar-refractivity contribution in [3.63, 3.8) is 0 Å². The van der Waals surface area contributed by atoms with Gasteiger partial charge in [0.1, 0.15) is 12.2 Å². The molecule has 5 unspecified atom stereocenters. The first-order chi connectivity index (χ1) is 8.59. The van der Waals surface area contributed by atoms with E-state index in [2.05, 4.69) is 0 Å². The van der Waals surface area contributed by atoms with Gasteiger partial charge in [-0.25, -0.2) is 8.42 Å². The van der Waals surface area contributed by atoms with Crippen LogP contribution in [-0.2, 0) is 14.8 Å². The standard InChI is InChI=1S/C13H13NO3S/c1-8-2-4-9(5-3-8)18(15,16)14-10-6-7-11-13(17-11)12(10)14/h2-7,10-13H,1H3. The van der Waals surface area contributed by atoms with Crippen LogP contribution in [0.5, 0.6) is 0 Å². The maximum absolute atomic E-state index is 12.5. The Morgan fingerprint density at radius 3 is 2.61 bits per heavy atom. The molecule has 2 aliphatic heterocycles. The van der Waals surface area contributed by atoms with Gasteiger partial charge in [0.05, 0.1) is 17.0 Å². The van der Waals surface area contributed by atoms with Crippen molar-refractivity contribution in [2.45, 2.75) is 36.1 Å². The zero-order valence-corrected chi connectivity index (χ0v) is 10.7. The molecule has 5 atom stereocenters. The number of rotatable bonds is 2. The number of hydrogen-bond acceptors (Lipinski definition) is 3. The largest absolute Gasteiger partial charge is 0.363 e. The monoisotopic (exact) mass is 263 g/mol. The van der Waals surface area contributed by atoms with E-state index in [1.165, 1.54) is 0 Å². The van der Waals surface area contributed by atoms with E-state index in [1.807, 2.05) is 31.2 Å². The lowest BCUT2D eigenvalue weighted by molar-refractivity contribution is 0.377. The highest BCUT2D eigenvalue weighted by Crippen LogP contribution is 2.49. The minimum Gasteiger partial charge on any atom is -0.363 e. The van der Waals surface area contributed by atoms with Crippen molar-refractivity contribution >= 4 is 10.0 Å². The predicted molar refractivity (Wildman–Crippen MR) is 65.6 cm³/mol. The highest BCUT2D eigenvalue weighted by atomic mass is 32.2. The number of epoxide rings is 1. The summed E-state index contributed by atoms with van der Waals surface area (Å²) in [5, 5.41) is 0. The second-order valence-electron chi connectivity index (χ2n) is 5.08. The average molecular weight is 263 g/mol. The summed E-state index contributed by atoms with van der Waals surface area (Å²) in [5.41, 5.74) is 1.06. The molecule has 94 valence electrons. The Balaban J connectivity index is 1.69. The molecule has 1 aliphatic carbocycles. The van der Waals surface area contributed by atoms with E-state index in [4.69, 9.17) is 4.74 Å². The van der Waals surface area contributed by atoms with Crippen molar-refractivity contribution in [1.82, 2.24) is 4.31 Å². The fraction of sp³-hybridized carbons (Fsp3) is 0.385. The number of sulfonamides is 1. The third-order valence-corrected chi connectivity index (χ3v) is 5.75. The van der Waals surface area contributed by atoms with E-state index in [-0.39, 0.29) is 24.3 Å². The van der Waals surface area contributed by atoms with Crippen molar-refractivity contribution in [1.29, 1.82) is 0 Å². The summed E-state index contributed by atoms with van der Waals surface area (Å²) < 4.78 is 31.9. The second kappa shape index (κ2) is 3.23. The van der Waals surface area contributed by atoms with Crippen molar-refractivity contribution in [3.8, 4) is 0 Å². The molecule has 1 aromatic rings. The minimum atomic E-state index is -3.37. The van der Waals surface area contributed by atoms with Crippen molar-refractivity contribution < 1.29 is 13.2 Å². The maximum Gasteiger partial charge on any atom is 0.244 e. The predicted octanol–water partition coefficient (Wildman–Crippen LogP) is 1.07. The van der Waals surface area contributed by atoms with E-state index >= 15 is 0 Å². The normalized spacial score (nSPS) is 39.9. The molecule has 4 rings (SSSR count). The fourth-order valence-electron chi connectivity index (χ4n) is 2.73. The molecule has 2 heterocycles. The lowest BCUT2D eigenvalue weighted by Crippen LogP contribution is -2.17. The van der Waals surface area contributed by atoms with Crippen LogP contribution in [0.15, 0.2) is 41.3 Å². The van der Waals surface area contributed by atoms with E-state index in [1.54, 1.807) is 16.4 Å². The van der Waals surface area contributed by atoms with Crippen molar-refractivity contribution in [2.24, 2.45) is 0 Å². The van der Waals surface area contributed by atoms with Gasteiger partial charge in [-0.05, 0) is 19.1 Å². The molecule has 2 fully saturated rings. The summed E-state index contributed by atoms with van der Waals surface area (Å²) in [6, 6.07) is 7.01. The summed E-state index contributed by atoms with van der Waals surface area (Å²) in [4.78, 5) is 0.369. The molecule has 5 heteroatoms. The first-order valence-corrected chi connectivity index (χ1v) is 7.47. The molecule has 0 radical (unpaired) electrons. The number of fused-ring (bicyclic) bond motifs is 3. The van der Waals surface area contributed by atoms with E-state index in [0.717, 1.165) is 5.56 Å². The van der Waals surface area contributed by atoms with Gasteiger partial charge in [-0.1, -0.05) is 29.8 Å². The number of benzene rings is 1. The summed E-state index contributed by atoms with van der Waals surface area (Å²) in [7, 11) is -3.37. The van der Waals surface area contributed by atoms with Gasteiger partial charge in [0, 0.05) is 0 Å². The van der Waals surface area contributed by atoms with Crippen molar-refractivity contribution in [2.75, 3.05) is 0 Å². The van der Waals surface area contributed by atoms with Gasteiger partial charge in [-0.2, -0.15) is 4.31 Å². The molecule has 18 heavy (non-hydrogen) atoms. The zero-order chi connectivity index (χ0) is 12.5. The molecule has 0 saturated carbocycles. The Hall–Kier alpha value is -1.17. The van der Waals surface area contributed by atoms with Gasteiger partial charge in [0.2, 0.25) is 10.0 Å². The van der Waals surface area contributed by atoms with Crippen LogP contribution in [0, 0.1) is 6.92 Å². The van der Waals surface area contributed by atoms with Crippen LogP contribution in [0.25, 0.3) is 0 Å². The van der Waals surface area contributed by atoms with Gasteiger partial charge in [0.15, 0.2) is 0 Å². The van der Waals surface area contributed by atoms with E-state index < -0.39 is 10.0 Å². The van der Waals surface area contributed by atoms with Crippen LogP contribution in [0.1, 0.15) is 5.56 Å². The molecular formula is C13H13NO3S. The number of ether oxygens (including phenoxy) is 1. The molecule has 0 N–H and O–H groups in total. The third-order valence-electron chi connectivity index (χ3n) is 3.84. The van der Waals surface area contributed by atoms with E-state index in [0.29, 0.717) is 4.90 Å². The van der Waals surface area contributed by atoms with Crippen LogP contribution in [-0.4, -0.2) is 37.0 Å². The Morgan fingerprint density at radius 1 is 1.17 bits per heavy atom.